The van der Waals surface area contributed by atoms with Gasteiger partial charge in [0, 0.05) is 36.2 Å². The van der Waals surface area contributed by atoms with Gasteiger partial charge in [0.1, 0.15) is 0 Å². The molecule has 2 aliphatic rings. The van der Waals surface area contributed by atoms with Gasteiger partial charge in [-0.15, -0.1) is 0 Å². The maximum Gasteiger partial charge on any atom is 0.391 e. The van der Waals surface area contributed by atoms with Crippen LogP contribution in [0.1, 0.15) is 68.4 Å². The molecule has 0 unspecified atom stereocenters. The van der Waals surface area contributed by atoms with E-state index in [0.717, 1.165) is 48.5 Å². The van der Waals surface area contributed by atoms with Gasteiger partial charge in [-0.1, -0.05) is 6.92 Å². The Morgan fingerprint density at radius 1 is 1.21 bits per heavy atom. The highest BCUT2D eigenvalue weighted by atomic mass is 19.4. The lowest BCUT2D eigenvalue weighted by Crippen LogP contribution is -2.44. The number of carbonyl (C=O) groups excluding carboxylic acids is 1. The predicted octanol–water partition coefficient (Wildman–Crippen LogP) is 4.38. The summed E-state index contributed by atoms with van der Waals surface area (Å²) in [5.74, 6) is -1.16. The first kappa shape index (κ1) is 20.2. The normalized spacial score (nSPS) is 28.7. The number of fused-ring (bicyclic) bond motifs is 1. The van der Waals surface area contributed by atoms with Gasteiger partial charge in [-0.2, -0.15) is 18.3 Å². The van der Waals surface area contributed by atoms with Crippen LogP contribution in [-0.4, -0.2) is 45.2 Å². The van der Waals surface area contributed by atoms with E-state index in [4.69, 9.17) is 5.10 Å². The fourth-order valence-corrected chi connectivity index (χ4v) is 5.04. The van der Waals surface area contributed by atoms with Gasteiger partial charge >= 0.3 is 6.18 Å². The van der Waals surface area contributed by atoms with Crippen molar-refractivity contribution in [3.05, 3.63) is 29.2 Å². The van der Waals surface area contributed by atoms with E-state index in [1.165, 1.54) is 0 Å². The summed E-state index contributed by atoms with van der Waals surface area (Å²) in [6.45, 7) is 5.47. The van der Waals surface area contributed by atoms with Gasteiger partial charge in [0.15, 0.2) is 5.65 Å². The Kier molecular flexibility index (Phi) is 5.07. The van der Waals surface area contributed by atoms with E-state index >= 15 is 0 Å². The number of likely N-dealkylation sites (tertiary alicyclic amines) is 1. The van der Waals surface area contributed by atoms with Gasteiger partial charge in [-0.3, -0.25) is 4.79 Å². The molecule has 0 bridgehead atoms. The molecule has 1 saturated carbocycles. The van der Waals surface area contributed by atoms with Crippen molar-refractivity contribution < 1.29 is 18.0 Å². The molecular formula is C21H27F3N4O. The smallest absolute Gasteiger partial charge is 0.344 e. The average molecular weight is 408 g/mol. The molecule has 1 amide bonds. The number of amides is 1. The van der Waals surface area contributed by atoms with E-state index in [0.29, 0.717) is 19.4 Å². The molecule has 2 fully saturated rings. The molecule has 0 radical (unpaired) electrons. The Bertz CT molecular complexity index is 901. The second kappa shape index (κ2) is 7.29. The molecule has 1 saturated heterocycles. The zero-order valence-electron chi connectivity index (χ0n) is 16.9. The molecular weight excluding hydrogens is 381 g/mol. The Labute approximate surface area is 168 Å². The van der Waals surface area contributed by atoms with Crippen molar-refractivity contribution in [1.82, 2.24) is 19.5 Å². The van der Waals surface area contributed by atoms with Crippen molar-refractivity contribution in [3.63, 3.8) is 0 Å². The third-order valence-corrected chi connectivity index (χ3v) is 6.68. The van der Waals surface area contributed by atoms with Crippen molar-refractivity contribution in [2.24, 2.45) is 5.92 Å². The number of rotatable bonds is 3. The molecule has 158 valence electrons. The average Bonchev–Trinajstić information content (AvgIpc) is 3.10. The number of halogens is 3. The third kappa shape index (κ3) is 3.85. The number of nitrogens with zero attached hydrogens (tertiary/aromatic N) is 4. The number of hydrogen-bond acceptors (Lipinski definition) is 3. The van der Waals surface area contributed by atoms with Crippen LogP contribution in [0, 0.1) is 12.8 Å². The van der Waals surface area contributed by atoms with E-state index in [-0.39, 0.29) is 24.2 Å². The van der Waals surface area contributed by atoms with Crippen molar-refractivity contribution in [1.29, 1.82) is 0 Å². The Balaban J connectivity index is 1.65. The number of hydrogen-bond donors (Lipinski definition) is 0. The Morgan fingerprint density at radius 3 is 2.59 bits per heavy atom. The standard InChI is InChI=1S/C21H27F3N4O/c1-14-10-18(20(2)8-3-9-27(12-20)13-29)28-19(25-14)11-17(26-28)15-4-6-16(7-5-15)21(22,23)24/h10-11,13,15-16H,3-9,12H2,1-2H3/t15?,16?,20-/m1/s1. The zero-order chi connectivity index (χ0) is 20.8. The maximum absolute atomic E-state index is 13.0. The lowest BCUT2D eigenvalue weighted by atomic mass is 9.78. The fraction of sp³-hybridized carbons (Fsp3) is 0.667. The summed E-state index contributed by atoms with van der Waals surface area (Å²) in [6.07, 6.45) is -0.0146. The molecule has 2 aromatic heterocycles. The van der Waals surface area contributed by atoms with Crippen LogP contribution >= 0.6 is 0 Å². The van der Waals surface area contributed by atoms with Gasteiger partial charge < -0.3 is 4.90 Å². The first-order chi connectivity index (χ1) is 13.7. The van der Waals surface area contributed by atoms with Crippen molar-refractivity contribution >= 4 is 12.1 Å². The molecule has 2 aromatic rings. The second-order valence-electron chi connectivity index (χ2n) is 8.95. The van der Waals surface area contributed by atoms with Crippen LogP contribution in [0.2, 0.25) is 0 Å². The minimum Gasteiger partial charge on any atom is -0.344 e. The van der Waals surface area contributed by atoms with Crippen molar-refractivity contribution in [2.45, 2.75) is 69.9 Å². The molecule has 5 nitrogen and oxygen atoms in total. The van der Waals surface area contributed by atoms with Gasteiger partial charge in [-0.25, -0.2) is 9.50 Å². The highest BCUT2D eigenvalue weighted by Gasteiger charge is 2.42. The van der Waals surface area contributed by atoms with Crippen LogP contribution in [-0.2, 0) is 10.2 Å². The van der Waals surface area contributed by atoms with Crippen LogP contribution in [0.25, 0.3) is 5.65 Å². The number of piperidine rings is 1. The van der Waals surface area contributed by atoms with E-state index in [1.54, 1.807) is 4.90 Å². The quantitative estimate of drug-likeness (QED) is 0.708. The molecule has 0 spiro atoms. The number of alkyl halides is 3. The first-order valence-electron chi connectivity index (χ1n) is 10.3. The summed E-state index contributed by atoms with van der Waals surface area (Å²) in [4.78, 5) is 17.7. The zero-order valence-corrected chi connectivity index (χ0v) is 16.9. The van der Waals surface area contributed by atoms with E-state index in [2.05, 4.69) is 11.9 Å². The van der Waals surface area contributed by atoms with Crippen LogP contribution in [0.5, 0.6) is 0 Å². The van der Waals surface area contributed by atoms with E-state index < -0.39 is 12.1 Å². The molecule has 4 rings (SSSR count). The van der Waals surface area contributed by atoms with Crippen LogP contribution in [0.4, 0.5) is 13.2 Å². The number of aromatic nitrogens is 3. The molecule has 29 heavy (non-hydrogen) atoms. The molecule has 8 heteroatoms. The summed E-state index contributed by atoms with van der Waals surface area (Å²) in [5.41, 5.74) is 3.22. The third-order valence-electron chi connectivity index (χ3n) is 6.68. The lowest BCUT2D eigenvalue weighted by molar-refractivity contribution is -0.182. The second-order valence-corrected chi connectivity index (χ2v) is 8.95. The first-order valence-corrected chi connectivity index (χ1v) is 10.3. The van der Waals surface area contributed by atoms with Gasteiger partial charge in [0.25, 0.3) is 0 Å². The summed E-state index contributed by atoms with van der Waals surface area (Å²) < 4.78 is 40.8. The van der Waals surface area contributed by atoms with Crippen LogP contribution in [0.3, 0.4) is 0 Å². The highest BCUT2D eigenvalue weighted by Crippen LogP contribution is 2.43. The van der Waals surface area contributed by atoms with Gasteiger partial charge in [0.2, 0.25) is 6.41 Å². The van der Waals surface area contributed by atoms with Gasteiger partial charge in [0.05, 0.1) is 17.3 Å². The minimum atomic E-state index is -4.10. The molecule has 1 aliphatic heterocycles. The molecule has 1 atom stereocenters. The molecule has 3 heterocycles. The summed E-state index contributed by atoms with van der Waals surface area (Å²) in [6, 6.07) is 3.96. The fourth-order valence-electron chi connectivity index (χ4n) is 5.04. The van der Waals surface area contributed by atoms with Crippen LogP contribution < -0.4 is 0 Å². The Morgan fingerprint density at radius 2 is 1.93 bits per heavy atom. The van der Waals surface area contributed by atoms with E-state index in [9.17, 15) is 18.0 Å². The lowest BCUT2D eigenvalue weighted by Gasteiger charge is -2.39. The molecule has 1 aliphatic carbocycles. The van der Waals surface area contributed by atoms with Crippen LogP contribution in [0.15, 0.2) is 12.1 Å². The number of carbonyl (C=O) groups is 1. The molecule has 0 N–H and O–H groups in total. The minimum absolute atomic E-state index is 0.0362. The highest BCUT2D eigenvalue weighted by molar-refractivity contribution is 5.49. The predicted molar refractivity (Wildman–Crippen MR) is 103 cm³/mol. The Hall–Kier alpha value is -2.12. The maximum atomic E-state index is 13.0. The van der Waals surface area contributed by atoms with Crippen molar-refractivity contribution in [2.75, 3.05) is 13.1 Å². The SMILES string of the molecule is Cc1cc([C@]2(C)CCCN(C=O)C2)n2nc(C3CCC(C(F)(F)F)CC3)cc2n1. The summed E-state index contributed by atoms with van der Waals surface area (Å²) in [5, 5.41) is 4.80. The monoisotopic (exact) mass is 408 g/mol. The molecule has 0 aromatic carbocycles. The topological polar surface area (TPSA) is 50.5 Å². The number of aryl methyl sites for hydroxylation is 1. The van der Waals surface area contributed by atoms with Gasteiger partial charge in [-0.05, 0) is 51.5 Å². The summed E-state index contributed by atoms with van der Waals surface area (Å²) in [7, 11) is 0. The van der Waals surface area contributed by atoms with Crippen molar-refractivity contribution in [3.8, 4) is 0 Å². The largest absolute Gasteiger partial charge is 0.391 e. The van der Waals surface area contributed by atoms with E-state index in [1.807, 2.05) is 23.6 Å². The summed E-state index contributed by atoms with van der Waals surface area (Å²) >= 11 is 0.